The molecule has 0 aromatic heterocycles. The highest BCUT2D eigenvalue weighted by atomic mass is 31.2. The Morgan fingerprint density at radius 3 is 0.952 bits per heavy atom. The summed E-state index contributed by atoms with van der Waals surface area (Å²) in [5, 5.41) is 0. The molecular weight excluding hydrogens is 1060 g/mol. The van der Waals surface area contributed by atoms with Gasteiger partial charge in [-0.15, -0.1) is 0 Å². The summed E-state index contributed by atoms with van der Waals surface area (Å²) in [6.45, 7) is 4.23. The number of allylic oxidation sites excluding steroid dienone is 18. The van der Waals surface area contributed by atoms with Crippen LogP contribution in [0.4, 0.5) is 0 Å². The Bertz CT molecular complexity index is 1790. The molecule has 0 radical (unpaired) electrons. The molecule has 0 aliphatic heterocycles. The Morgan fingerprint density at radius 1 is 0.369 bits per heavy atom. The van der Waals surface area contributed by atoms with Crippen molar-refractivity contribution in [1.82, 2.24) is 0 Å². The molecule has 84 heavy (non-hydrogen) atoms. The number of ether oxygens (including phenoxy) is 2. The van der Waals surface area contributed by atoms with Gasteiger partial charge in [-0.05, 0) is 96.3 Å². The molecule has 484 valence electrons. The van der Waals surface area contributed by atoms with E-state index in [0.717, 1.165) is 96.3 Å². The molecule has 0 bridgehead atoms. The number of hydrogen-bond donors (Lipinski definition) is 1. The zero-order valence-electron chi connectivity index (χ0n) is 55.1. The van der Waals surface area contributed by atoms with Crippen molar-refractivity contribution in [2.24, 2.45) is 0 Å². The van der Waals surface area contributed by atoms with Gasteiger partial charge >= 0.3 is 19.8 Å². The zero-order chi connectivity index (χ0) is 61.2. The molecule has 0 heterocycles. The number of unbranched alkanes of at least 4 members (excludes halogenated alkanes) is 31. The number of carbonyl (C=O) groups is 2. The highest BCUT2D eigenvalue weighted by molar-refractivity contribution is 7.47. The topological polar surface area (TPSA) is 108 Å². The van der Waals surface area contributed by atoms with Crippen LogP contribution >= 0.6 is 7.82 Å². The number of carbonyl (C=O) groups excluding carboxylic acids is 2. The van der Waals surface area contributed by atoms with Crippen LogP contribution in [0.1, 0.15) is 296 Å². The average molecular weight is 1190 g/mol. The minimum Gasteiger partial charge on any atom is -0.462 e. The van der Waals surface area contributed by atoms with E-state index in [1.54, 1.807) is 0 Å². The van der Waals surface area contributed by atoms with E-state index in [1.807, 2.05) is 21.1 Å². The molecule has 0 amide bonds. The number of esters is 2. The Hall–Kier alpha value is -3.33. The number of likely N-dealkylation sites (N-methyl/N-ethyl adjacent to an activating group) is 1. The largest absolute Gasteiger partial charge is 0.472 e. The maximum absolute atomic E-state index is 12.9. The predicted molar refractivity (Wildman–Crippen MR) is 362 cm³/mol. The van der Waals surface area contributed by atoms with Gasteiger partial charge in [0.2, 0.25) is 0 Å². The molecule has 1 N–H and O–H groups in total. The Kier molecular flexibility index (Phi) is 61.6. The van der Waals surface area contributed by atoms with Crippen molar-refractivity contribution in [3.05, 3.63) is 109 Å². The summed E-state index contributed by atoms with van der Waals surface area (Å²) in [6.07, 6.45) is 90.5. The SMILES string of the molecule is CC/C=C\C/C=C\C/C=C\C/C=C\C/C=C\CCCCCCCCCCCCCCCCCCCCCCCC(=O)OC(COC(=O)CCCCCCCCCCCC/C=C\C/C=C\C/C=C\C/C=C\CC)COP(=O)(O)OCC[N+](C)(C)C. The fourth-order valence-electron chi connectivity index (χ4n) is 9.57. The summed E-state index contributed by atoms with van der Waals surface area (Å²) < 4.78 is 34.7. The van der Waals surface area contributed by atoms with E-state index >= 15 is 0 Å². The second kappa shape index (κ2) is 64.2. The van der Waals surface area contributed by atoms with Crippen LogP contribution < -0.4 is 0 Å². The number of phosphoric ester groups is 1. The van der Waals surface area contributed by atoms with Crippen LogP contribution in [0.5, 0.6) is 0 Å². The summed E-state index contributed by atoms with van der Waals surface area (Å²) in [6, 6.07) is 0. The van der Waals surface area contributed by atoms with Crippen molar-refractivity contribution in [3.8, 4) is 0 Å². The zero-order valence-corrected chi connectivity index (χ0v) is 56.0. The third-order valence-corrected chi connectivity index (χ3v) is 15.8. The van der Waals surface area contributed by atoms with Crippen LogP contribution in [0.3, 0.4) is 0 Å². The molecule has 9 nitrogen and oxygen atoms in total. The lowest BCUT2D eigenvalue weighted by molar-refractivity contribution is -0.870. The van der Waals surface area contributed by atoms with Gasteiger partial charge in [-0.2, -0.15) is 0 Å². The second-order valence-electron chi connectivity index (χ2n) is 24.2. The van der Waals surface area contributed by atoms with Gasteiger partial charge in [0.1, 0.15) is 19.8 Å². The molecule has 0 aliphatic carbocycles. The van der Waals surface area contributed by atoms with Gasteiger partial charge in [-0.3, -0.25) is 18.6 Å². The third kappa shape index (κ3) is 67.8. The smallest absolute Gasteiger partial charge is 0.462 e. The highest BCUT2D eigenvalue weighted by Gasteiger charge is 2.27. The average Bonchev–Trinajstić information content (AvgIpc) is 3.61. The first kappa shape index (κ1) is 80.7. The second-order valence-corrected chi connectivity index (χ2v) is 25.6. The van der Waals surface area contributed by atoms with Gasteiger partial charge in [0, 0.05) is 12.8 Å². The van der Waals surface area contributed by atoms with Crippen molar-refractivity contribution < 1.29 is 42.1 Å². The first-order chi connectivity index (χ1) is 41.0. The van der Waals surface area contributed by atoms with E-state index in [1.165, 1.54) is 167 Å². The maximum atomic E-state index is 12.9. The molecule has 0 spiro atoms. The van der Waals surface area contributed by atoms with E-state index in [2.05, 4.69) is 123 Å². The molecule has 10 heteroatoms. The molecule has 0 aromatic rings. The number of nitrogens with zero attached hydrogens (tertiary/aromatic N) is 1. The molecule has 0 aromatic carbocycles. The first-order valence-corrected chi connectivity index (χ1v) is 36.1. The van der Waals surface area contributed by atoms with E-state index in [-0.39, 0.29) is 32.0 Å². The molecular formula is C74H131NO8P+. The number of phosphoric acid groups is 1. The Balaban J connectivity index is 4.00. The molecule has 0 saturated carbocycles. The summed E-state index contributed by atoms with van der Waals surface area (Å²) in [5.74, 6) is -0.795. The molecule has 0 saturated heterocycles. The predicted octanol–water partition coefficient (Wildman–Crippen LogP) is 22.5. The quantitative estimate of drug-likeness (QED) is 0.0211. The first-order valence-electron chi connectivity index (χ1n) is 34.6. The van der Waals surface area contributed by atoms with Gasteiger partial charge in [-0.1, -0.05) is 297 Å². The molecule has 2 atom stereocenters. The molecule has 2 unspecified atom stereocenters. The van der Waals surface area contributed by atoms with Gasteiger partial charge in [0.15, 0.2) is 6.10 Å². The van der Waals surface area contributed by atoms with E-state index < -0.39 is 26.5 Å². The van der Waals surface area contributed by atoms with Crippen LogP contribution in [0.2, 0.25) is 0 Å². The lowest BCUT2D eigenvalue weighted by atomic mass is 10.0. The van der Waals surface area contributed by atoms with Crippen LogP contribution in [0.15, 0.2) is 109 Å². The fourth-order valence-corrected chi connectivity index (χ4v) is 10.3. The minimum atomic E-state index is -4.40. The van der Waals surface area contributed by atoms with Crippen molar-refractivity contribution >= 4 is 19.8 Å². The Morgan fingerprint density at radius 2 is 0.643 bits per heavy atom. The summed E-state index contributed by atoms with van der Waals surface area (Å²) >= 11 is 0. The van der Waals surface area contributed by atoms with E-state index in [9.17, 15) is 19.0 Å². The van der Waals surface area contributed by atoms with Crippen molar-refractivity contribution in [2.45, 2.75) is 302 Å². The van der Waals surface area contributed by atoms with Crippen LogP contribution in [-0.2, 0) is 32.7 Å². The summed E-state index contributed by atoms with van der Waals surface area (Å²) in [4.78, 5) is 35.9. The number of hydrogen-bond acceptors (Lipinski definition) is 7. The van der Waals surface area contributed by atoms with E-state index in [4.69, 9.17) is 18.5 Å². The van der Waals surface area contributed by atoms with Crippen LogP contribution in [-0.4, -0.2) is 74.9 Å². The minimum absolute atomic E-state index is 0.0285. The molecule has 0 fully saturated rings. The van der Waals surface area contributed by atoms with Gasteiger partial charge in [0.05, 0.1) is 27.7 Å². The van der Waals surface area contributed by atoms with Crippen LogP contribution in [0, 0.1) is 0 Å². The van der Waals surface area contributed by atoms with Gasteiger partial charge < -0.3 is 18.9 Å². The van der Waals surface area contributed by atoms with Crippen LogP contribution in [0.25, 0.3) is 0 Å². The van der Waals surface area contributed by atoms with Crippen molar-refractivity contribution in [1.29, 1.82) is 0 Å². The summed E-state index contributed by atoms with van der Waals surface area (Å²) in [7, 11) is 1.48. The number of rotatable bonds is 63. The lowest BCUT2D eigenvalue weighted by Crippen LogP contribution is -2.37. The van der Waals surface area contributed by atoms with E-state index in [0.29, 0.717) is 17.4 Å². The Labute approximate surface area is 518 Å². The molecule has 0 aliphatic rings. The summed E-state index contributed by atoms with van der Waals surface area (Å²) in [5.41, 5.74) is 0. The van der Waals surface area contributed by atoms with Crippen molar-refractivity contribution in [2.75, 3.05) is 47.5 Å². The number of quaternary nitrogens is 1. The fraction of sp³-hybridized carbons (Fsp3) is 0.730. The van der Waals surface area contributed by atoms with Crippen molar-refractivity contribution in [3.63, 3.8) is 0 Å². The highest BCUT2D eigenvalue weighted by Crippen LogP contribution is 2.43. The van der Waals surface area contributed by atoms with Gasteiger partial charge in [-0.25, -0.2) is 4.57 Å². The standard InChI is InChI=1S/C74H130NO8P/c1-6-8-10-12-14-16-18-20-22-24-26-28-30-31-32-33-34-35-36-37-38-39-40-41-42-43-45-47-49-51-53-55-57-59-61-63-65-67-74(77)83-72(71-82-84(78,79)81-69-68-75(3,4)5)70-80-73(76)66-64-62-60-58-56-54-52-50-48-46-44-29-27-25-23-21-19-17-15-13-11-9-7-2/h8-11,14-17,20-23,26-29,31-32,72H,6-7,12-13,18-19,24-25,30,33-71H2,1-5H3/p+1/b10-8-,11-9-,16-14-,17-15-,22-20-,23-21-,28-26-,29-27-,32-31-. The monoisotopic (exact) mass is 1190 g/mol. The lowest BCUT2D eigenvalue weighted by Gasteiger charge is -2.24. The normalized spacial score (nSPS) is 13.8. The third-order valence-electron chi connectivity index (χ3n) is 14.8. The maximum Gasteiger partial charge on any atom is 0.472 e. The van der Waals surface area contributed by atoms with Gasteiger partial charge in [0.25, 0.3) is 0 Å². The molecule has 0 rings (SSSR count).